The monoisotopic (exact) mass is 159 g/mol. The van der Waals surface area contributed by atoms with Gasteiger partial charge in [0.25, 0.3) is 0 Å². The summed E-state index contributed by atoms with van der Waals surface area (Å²) in [5.74, 6) is 0. The fourth-order valence-corrected chi connectivity index (χ4v) is 1.16. The average molecular weight is 159 g/mol. The highest BCUT2D eigenvalue weighted by molar-refractivity contribution is 5.22. The van der Waals surface area contributed by atoms with Gasteiger partial charge in [0.2, 0.25) is 6.43 Å². The van der Waals surface area contributed by atoms with Gasteiger partial charge in [0.05, 0.1) is 17.3 Å². The second-order valence-electron chi connectivity index (χ2n) is 2.81. The van der Waals surface area contributed by atoms with E-state index in [1.807, 2.05) is 0 Å². The Kier molecular flexibility index (Phi) is 1.21. The molecule has 0 aromatic carbocycles. The molecule has 0 unspecified atom stereocenters. The minimum atomic E-state index is -2.31. The van der Waals surface area contributed by atoms with E-state index in [1.165, 1.54) is 6.20 Å². The number of halogens is 2. The van der Waals surface area contributed by atoms with Crippen molar-refractivity contribution in [2.45, 2.75) is 24.7 Å². The van der Waals surface area contributed by atoms with Crippen molar-refractivity contribution < 1.29 is 8.78 Å². The van der Waals surface area contributed by atoms with Crippen LogP contribution in [0.15, 0.2) is 6.20 Å². The summed E-state index contributed by atoms with van der Waals surface area (Å²) < 4.78 is 24.7. The molecule has 3 nitrogen and oxygen atoms in total. The minimum Gasteiger partial charge on any atom is -0.209 e. The van der Waals surface area contributed by atoms with Crippen molar-refractivity contribution in [1.29, 1.82) is 0 Å². The maximum atomic E-state index is 12.4. The van der Waals surface area contributed by atoms with Crippen LogP contribution < -0.4 is 0 Å². The maximum absolute atomic E-state index is 12.4. The smallest absolute Gasteiger partial charge is 0.209 e. The number of rotatable bonds is 2. The molecule has 2 rings (SSSR count). The Balaban J connectivity index is 2.29. The molecular weight excluding hydrogens is 152 g/mol. The van der Waals surface area contributed by atoms with Crippen molar-refractivity contribution in [1.82, 2.24) is 15.4 Å². The molecule has 1 fully saturated rings. The van der Waals surface area contributed by atoms with Crippen molar-refractivity contribution in [3.05, 3.63) is 11.9 Å². The van der Waals surface area contributed by atoms with E-state index in [4.69, 9.17) is 0 Å². The zero-order chi connectivity index (χ0) is 7.90. The number of nitrogens with one attached hydrogen (secondary N) is 1. The second-order valence-corrected chi connectivity index (χ2v) is 2.81. The van der Waals surface area contributed by atoms with Crippen LogP contribution in [0.4, 0.5) is 8.78 Å². The number of H-pyrrole nitrogens is 1. The molecule has 0 saturated heterocycles. The van der Waals surface area contributed by atoms with Crippen molar-refractivity contribution >= 4 is 0 Å². The van der Waals surface area contributed by atoms with E-state index in [2.05, 4.69) is 15.4 Å². The Morgan fingerprint density at radius 2 is 2.27 bits per heavy atom. The molecule has 1 aliphatic carbocycles. The Labute approximate surface area is 61.8 Å². The highest BCUT2D eigenvalue weighted by Gasteiger charge is 2.54. The fraction of sp³-hybridized carbons (Fsp3) is 0.667. The van der Waals surface area contributed by atoms with Gasteiger partial charge in [-0.15, -0.1) is 0 Å². The Morgan fingerprint density at radius 3 is 2.64 bits per heavy atom. The Morgan fingerprint density at radius 1 is 1.55 bits per heavy atom. The first kappa shape index (κ1) is 6.69. The van der Waals surface area contributed by atoms with Crippen LogP contribution in [0, 0.1) is 0 Å². The molecule has 1 aliphatic rings. The summed E-state index contributed by atoms with van der Waals surface area (Å²) in [6.45, 7) is 0. The summed E-state index contributed by atoms with van der Waals surface area (Å²) in [5, 5.41) is 9.49. The number of alkyl halides is 2. The van der Waals surface area contributed by atoms with Crippen molar-refractivity contribution in [2.75, 3.05) is 0 Å². The zero-order valence-electron chi connectivity index (χ0n) is 5.72. The normalized spacial score (nSPS) is 20.6. The molecule has 0 atom stereocenters. The molecule has 1 heterocycles. The van der Waals surface area contributed by atoms with Crippen LogP contribution in [0.2, 0.25) is 0 Å². The van der Waals surface area contributed by atoms with Crippen LogP contribution in [-0.2, 0) is 5.41 Å². The zero-order valence-corrected chi connectivity index (χ0v) is 5.72. The van der Waals surface area contributed by atoms with E-state index >= 15 is 0 Å². The predicted molar refractivity (Wildman–Crippen MR) is 33.3 cm³/mol. The molecule has 0 spiro atoms. The fourth-order valence-electron chi connectivity index (χ4n) is 1.16. The van der Waals surface area contributed by atoms with E-state index in [0.29, 0.717) is 18.5 Å². The Bertz CT molecular complexity index is 240. The number of aromatic amines is 1. The van der Waals surface area contributed by atoms with E-state index < -0.39 is 11.8 Å². The third-order valence-electron chi connectivity index (χ3n) is 2.13. The van der Waals surface area contributed by atoms with E-state index in [9.17, 15) is 8.78 Å². The number of hydrogen-bond donors (Lipinski definition) is 1. The molecule has 1 saturated carbocycles. The topological polar surface area (TPSA) is 41.6 Å². The van der Waals surface area contributed by atoms with Crippen LogP contribution >= 0.6 is 0 Å². The van der Waals surface area contributed by atoms with Crippen molar-refractivity contribution in [3.8, 4) is 0 Å². The highest BCUT2D eigenvalue weighted by atomic mass is 19.3. The molecule has 1 N–H and O–H groups in total. The lowest BCUT2D eigenvalue weighted by Gasteiger charge is -2.08. The summed E-state index contributed by atoms with van der Waals surface area (Å²) in [5.41, 5.74) is -0.569. The van der Waals surface area contributed by atoms with Crippen molar-refractivity contribution in [2.24, 2.45) is 0 Å². The lowest BCUT2D eigenvalue weighted by molar-refractivity contribution is 0.0997. The highest BCUT2D eigenvalue weighted by Crippen LogP contribution is 2.51. The standard InChI is InChI=1S/C6H7F2N3/c7-5(8)6(1-2-6)4-3-9-11-10-4/h3,5H,1-2H2,(H,9,10,11). The van der Waals surface area contributed by atoms with Crippen molar-refractivity contribution in [3.63, 3.8) is 0 Å². The molecule has 1 aromatic heterocycles. The van der Waals surface area contributed by atoms with Gasteiger partial charge < -0.3 is 0 Å². The van der Waals surface area contributed by atoms with Gasteiger partial charge in [0.15, 0.2) is 0 Å². The van der Waals surface area contributed by atoms with Gasteiger partial charge in [-0.05, 0) is 12.8 Å². The molecular formula is C6H7F2N3. The van der Waals surface area contributed by atoms with Gasteiger partial charge in [-0.1, -0.05) is 0 Å². The third-order valence-corrected chi connectivity index (χ3v) is 2.13. The summed E-state index contributed by atoms with van der Waals surface area (Å²) in [6.07, 6.45) is 0.112. The number of nitrogens with zero attached hydrogens (tertiary/aromatic N) is 2. The summed E-state index contributed by atoms with van der Waals surface area (Å²) in [6, 6.07) is 0. The van der Waals surface area contributed by atoms with Gasteiger partial charge in [0, 0.05) is 0 Å². The molecule has 0 aliphatic heterocycles. The maximum Gasteiger partial charge on any atom is 0.249 e. The van der Waals surface area contributed by atoms with E-state index in [0.717, 1.165) is 0 Å². The quantitative estimate of drug-likeness (QED) is 0.702. The first-order chi connectivity index (χ1) is 5.26. The second kappa shape index (κ2) is 1.99. The molecule has 0 radical (unpaired) electrons. The lowest BCUT2D eigenvalue weighted by Crippen LogP contribution is -2.17. The van der Waals surface area contributed by atoms with E-state index in [-0.39, 0.29) is 0 Å². The minimum absolute atomic E-state index is 0.396. The first-order valence-corrected chi connectivity index (χ1v) is 3.40. The Hall–Kier alpha value is -1.00. The molecule has 11 heavy (non-hydrogen) atoms. The summed E-state index contributed by atoms with van der Waals surface area (Å²) in [4.78, 5) is 0. The average Bonchev–Trinajstić information content (AvgIpc) is 2.61. The van der Waals surface area contributed by atoms with Crippen LogP contribution in [0.5, 0.6) is 0 Å². The van der Waals surface area contributed by atoms with E-state index in [1.54, 1.807) is 0 Å². The van der Waals surface area contributed by atoms with Gasteiger partial charge >= 0.3 is 0 Å². The molecule has 5 heteroatoms. The largest absolute Gasteiger partial charge is 0.249 e. The lowest BCUT2D eigenvalue weighted by atomic mass is 10.1. The summed E-state index contributed by atoms with van der Waals surface area (Å²) >= 11 is 0. The van der Waals surface area contributed by atoms with Crippen LogP contribution in [-0.4, -0.2) is 21.8 Å². The molecule has 60 valence electrons. The van der Waals surface area contributed by atoms with Crippen LogP contribution in [0.25, 0.3) is 0 Å². The molecule has 0 amide bonds. The van der Waals surface area contributed by atoms with Crippen LogP contribution in [0.1, 0.15) is 18.5 Å². The van der Waals surface area contributed by atoms with Gasteiger partial charge in [-0.3, -0.25) is 0 Å². The van der Waals surface area contributed by atoms with Gasteiger partial charge in [-0.25, -0.2) is 8.78 Å². The predicted octanol–water partition coefficient (Wildman–Crippen LogP) is 1.10. The third kappa shape index (κ3) is 0.834. The van der Waals surface area contributed by atoms with Crippen LogP contribution in [0.3, 0.4) is 0 Å². The summed E-state index contributed by atoms with van der Waals surface area (Å²) in [7, 11) is 0. The molecule has 0 bridgehead atoms. The number of hydrogen-bond acceptors (Lipinski definition) is 2. The van der Waals surface area contributed by atoms with Gasteiger partial charge in [0.1, 0.15) is 0 Å². The SMILES string of the molecule is FC(F)C1(c2cn[nH]n2)CC1. The first-order valence-electron chi connectivity index (χ1n) is 3.40. The van der Waals surface area contributed by atoms with Gasteiger partial charge in [-0.2, -0.15) is 15.4 Å². The molecule has 1 aromatic rings. The number of aromatic nitrogens is 3.